The Kier molecular flexibility index (Phi) is 7.10. The van der Waals surface area contributed by atoms with Gasteiger partial charge in [0.1, 0.15) is 5.75 Å². The van der Waals surface area contributed by atoms with Gasteiger partial charge in [0.05, 0.1) is 12.5 Å². The van der Waals surface area contributed by atoms with Crippen LogP contribution in [0, 0.1) is 11.8 Å². The molecule has 1 amide bonds. The lowest BCUT2D eigenvalue weighted by Crippen LogP contribution is -2.54. The van der Waals surface area contributed by atoms with Gasteiger partial charge in [-0.2, -0.15) is 0 Å². The van der Waals surface area contributed by atoms with Crippen molar-refractivity contribution in [2.24, 2.45) is 11.8 Å². The number of nitrogens with zero attached hydrogens (tertiary/aromatic N) is 1. The van der Waals surface area contributed by atoms with Crippen molar-refractivity contribution in [2.45, 2.75) is 53.1 Å². The first kappa shape index (κ1) is 18.8. The highest BCUT2D eigenvalue weighted by Crippen LogP contribution is 2.21. The van der Waals surface area contributed by atoms with E-state index in [4.69, 9.17) is 4.74 Å². The lowest BCUT2D eigenvalue weighted by Gasteiger charge is -2.38. The monoisotopic (exact) mass is 332 g/mol. The van der Waals surface area contributed by atoms with Crippen LogP contribution in [0.3, 0.4) is 0 Å². The summed E-state index contributed by atoms with van der Waals surface area (Å²) in [6.45, 7) is 11.9. The van der Waals surface area contributed by atoms with E-state index >= 15 is 0 Å². The second-order valence-electron chi connectivity index (χ2n) is 7.38. The molecule has 1 saturated heterocycles. The number of nitrogens with one attached hydrogen (secondary N) is 1. The van der Waals surface area contributed by atoms with Gasteiger partial charge in [-0.25, -0.2) is 0 Å². The number of likely N-dealkylation sites (tertiary alicyclic amines) is 1. The summed E-state index contributed by atoms with van der Waals surface area (Å²) in [7, 11) is 0. The number of benzene rings is 1. The third-order valence-electron chi connectivity index (χ3n) is 4.62. The minimum absolute atomic E-state index is 0.151. The van der Waals surface area contributed by atoms with Crippen LogP contribution in [0.5, 0.6) is 5.75 Å². The molecule has 1 N–H and O–H groups in total. The Balaban J connectivity index is 1.69. The predicted octanol–water partition coefficient (Wildman–Crippen LogP) is 3.46. The molecule has 1 aromatic rings. The summed E-state index contributed by atoms with van der Waals surface area (Å²) in [6, 6.07) is 8.61. The lowest BCUT2D eigenvalue weighted by atomic mass is 9.97. The summed E-state index contributed by atoms with van der Waals surface area (Å²) in [4.78, 5) is 14.3. The largest absolute Gasteiger partial charge is 0.494 e. The molecule has 0 aliphatic carbocycles. The summed E-state index contributed by atoms with van der Waals surface area (Å²) in [5, 5.41) is 3.07. The quantitative estimate of drug-likeness (QED) is 0.753. The van der Waals surface area contributed by atoms with Crippen LogP contribution in [0.1, 0.15) is 46.1 Å². The molecule has 0 unspecified atom stereocenters. The van der Waals surface area contributed by atoms with E-state index in [1.54, 1.807) is 0 Å². The van der Waals surface area contributed by atoms with Gasteiger partial charge in [0.15, 0.2) is 0 Å². The summed E-state index contributed by atoms with van der Waals surface area (Å²) < 4.78 is 5.75. The topological polar surface area (TPSA) is 41.6 Å². The Labute approximate surface area is 146 Å². The molecule has 2 rings (SSSR count). The number of rotatable bonds is 9. The van der Waals surface area contributed by atoms with Crippen LogP contribution in [-0.4, -0.2) is 36.5 Å². The highest BCUT2D eigenvalue weighted by molar-refractivity contribution is 5.80. The smallest absolute Gasteiger partial charge is 0.225 e. The number of hydrogen-bond donors (Lipinski definition) is 1. The van der Waals surface area contributed by atoms with Crippen LogP contribution >= 0.6 is 0 Å². The number of carbonyl (C=O) groups excluding carboxylic acids is 1. The molecule has 1 aliphatic heterocycles. The average Bonchev–Trinajstić information content (AvgIpc) is 2.51. The molecule has 1 aliphatic rings. The summed E-state index contributed by atoms with van der Waals surface area (Å²) in [5.74, 6) is 1.96. The third-order valence-corrected chi connectivity index (χ3v) is 4.62. The van der Waals surface area contributed by atoms with Crippen molar-refractivity contribution in [1.82, 2.24) is 10.2 Å². The van der Waals surface area contributed by atoms with Gasteiger partial charge in [-0.15, -0.1) is 0 Å². The fourth-order valence-corrected chi connectivity index (χ4v) is 2.69. The molecule has 1 fully saturated rings. The van der Waals surface area contributed by atoms with Gasteiger partial charge in [-0.1, -0.05) is 32.9 Å². The van der Waals surface area contributed by atoms with Crippen LogP contribution in [0.4, 0.5) is 0 Å². The maximum Gasteiger partial charge on any atom is 0.225 e. The van der Waals surface area contributed by atoms with Gasteiger partial charge in [0.2, 0.25) is 5.91 Å². The average molecular weight is 332 g/mol. The Morgan fingerprint density at radius 1 is 1.25 bits per heavy atom. The number of amides is 1. The van der Waals surface area contributed by atoms with Crippen LogP contribution < -0.4 is 10.1 Å². The molecule has 4 nitrogen and oxygen atoms in total. The van der Waals surface area contributed by atoms with Crippen molar-refractivity contribution < 1.29 is 9.53 Å². The van der Waals surface area contributed by atoms with Crippen LogP contribution in [0.15, 0.2) is 24.3 Å². The second-order valence-corrected chi connectivity index (χ2v) is 7.38. The van der Waals surface area contributed by atoms with Crippen LogP contribution in [0.25, 0.3) is 0 Å². The van der Waals surface area contributed by atoms with Gasteiger partial charge in [-0.3, -0.25) is 9.69 Å². The first-order valence-corrected chi connectivity index (χ1v) is 9.22. The number of hydrogen-bond acceptors (Lipinski definition) is 3. The van der Waals surface area contributed by atoms with E-state index in [0.717, 1.165) is 44.8 Å². The van der Waals surface area contributed by atoms with E-state index in [1.807, 2.05) is 12.1 Å². The molecule has 134 valence electrons. The summed E-state index contributed by atoms with van der Waals surface area (Å²) >= 11 is 0. The Morgan fingerprint density at radius 3 is 2.50 bits per heavy atom. The molecule has 4 heteroatoms. The number of carbonyl (C=O) groups is 1. The van der Waals surface area contributed by atoms with Crippen molar-refractivity contribution >= 4 is 5.91 Å². The zero-order valence-corrected chi connectivity index (χ0v) is 15.5. The molecular weight excluding hydrogens is 300 g/mol. The highest BCUT2D eigenvalue weighted by Gasteiger charge is 2.32. The Hall–Kier alpha value is -1.55. The second kappa shape index (κ2) is 9.07. The van der Waals surface area contributed by atoms with E-state index in [9.17, 15) is 4.79 Å². The fraction of sp³-hybridized carbons (Fsp3) is 0.650. The molecule has 0 spiro atoms. The molecule has 1 aromatic carbocycles. The van der Waals surface area contributed by atoms with E-state index in [0.29, 0.717) is 5.92 Å². The Bertz CT molecular complexity index is 507. The molecule has 0 radical (unpaired) electrons. The summed E-state index contributed by atoms with van der Waals surface area (Å²) in [5.41, 5.74) is 1.27. The van der Waals surface area contributed by atoms with E-state index in [1.165, 1.54) is 5.56 Å². The summed E-state index contributed by atoms with van der Waals surface area (Å²) in [6.07, 6.45) is 2.06. The van der Waals surface area contributed by atoms with Crippen molar-refractivity contribution in [3.8, 4) is 5.75 Å². The third kappa shape index (κ3) is 5.82. The molecule has 1 atom stereocenters. The van der Waals surface area contributed by atoms with Gasteiger partial charge in [-0.05, 0) is 43.4 Å². The molecule has 1 heterocycles. The van der Waals surface area contributed by atoms with Gasteiger partial charge in [0.25, 0.3) is 0 Å². The highest BCUT2D eigenvalue weighted by atomic mass is 16.5. The minimum Gasteiger partial charge on any atom is -0.494 e. The first-order valence-electron chi connectivity index (χ1n) is 9.22. The maximum absolute atomic E-state index is 12.0. The Morgan fingerprint density at radius 2 is 1.92 bits per heavy atom. The van der Waals surface area contributed by atoms with Crippen molar-refractivity contribution in [3.05, 3.63) is 29.8 Å². The van der Waals surface area contributed by atoms with Crippen molar-refractivity contribution in [1.29, 1.82) is 0 Å². The maximum atomic E-state index is 12.0. The standard InChI is InChI=1S/C20H32N2O2/c1-5-16(4)21-20(23)18-13-22(14-18)12-17-6-8-19(9-7-17)24-11-10-15(2)3/h6-9,15-16,18H,5,10-14H2,1-4H3,(H,21,23)/t16-/m0/s1. The van der Waals surface area contributed by atoms with Crippen molar-refractivity contribution in [2.75, 3.05) is 19.7 Å². The van der Waals surface area contributed by atoms with E-state index in [-0.39, 0.29) is 17.9 Å². The van der Waals surface area contributed by atoms with E-state index < -0.39 is 0 Å². The first-order chi connectivity index (χ1) is 11.5. The minimum atomic E-state index is 0.151. The molecule has 0 bridgehead atoms. The zero-order chi connectivity index (χ0) is 17.5. The number of ether oxygens (including phenoxy) is 1. The zero-order valence-electron chi connectivity index (χ0n) is 15.5. The van der Waals surface area contributed by atoms with E-state index in [2.05, 4.69) is 50.0 Å². The lowest BCUT2D eigenvalue weighted by molar-refractivity contribution is -0.131. The predicted molar refractivity (Wildman–Crippen MR) is 98.1 cm³/mol. The molecule has 0 aromatic heterocycles. The molecule has 24 heavy (non-hydrogen) atoms. The van der Waals surface area contributed by atoms with Gasteiger partial charge in [0, 0.05) is 25.7 Å². The van der Waals surface area contributed by atoms with Gasteiger partial charge >= 0.3 is 0 Å². The van der Waals surface area contributed by atoms with Gasteiger partial charge < -0.3 is 10.1 Å². The van der Waals surface area contributed by atoms with Crippen LogP contribution in [-0.2, 0) is 11.3 Å². The molecular formula is C20H32N2O2. The fourth-order valence-electron chi connectivity index (χ4n) is 2.69. The normalized spacial score (nSPS) is 16.7. The SMILES string of the molecule is CC[C@H](C)NC(=O)C1CN(Cc2ccc(OCCC(C)C)cc2)C1. The van der Waals surface area contributed by atoms with Crippen molar-refractivity contribution in [3.63, 3.8) is 0 Å². The van der Waals surface area contributed by atoms with Crippen LogP contribution in [0.2, 0.25) is 0 Å². The molecule has 0 saturated carbocycles.